The van der Waals surface area contributed by atoms with Gasteiger partial charge in [0.25, 0.3) is 5.91 Å². The van der Waals surface area contributed by atoms with E-state index in [1.165, 1.54) is 12.6 Å². The summed E-state index contributed by atoms with van der Waals surface area (Å²) in [4.78, 5) is 22.0. The molecule has 0 aliphatic carbocycles. The van der Waals surface area contributed by atoms with Gasteiger partial charge in [0.05, 0.1) is 6.54 Å². The molecule has 1 amide bonds. The van der Waals surface area contributed by atoms with E-state index >= 15 is 0 Å². The predicted molar refractivity (Wildman–Crippen MR) is 112 cm³/mol. The Labute approximate surface area is 168 Å². The number of aliphatic imine (C=N–C) groups is 1. The van der Waals surface area contributed by atoms with Crippen LogP contribution in [0.5, 0.6) is 5.88 Å². The number of hydrogen-bond donors (Lipinski definition) is 1. The maximum Gasteiger partial charge on any atom is 0.265 e. The van der Waals surface area contributed by atoms with Crippen LogP contribution in [0.1, 0.15) is 5.56 Å². The third-order valence-electron chi connectivity index (χ3n) is 4.50. The van der Waals surface area contributed by atoms with Crippen molar-refractivity contribution in [3.63, 3.8) is 0 Å². The maximum absolute atomic E-state index is 11.8. The average molecular weight is 388 g/mol. The number of rotatable bonds is 1. The summed E-state index contributed by atoms with van der Waals surface area (Å²) in [7, 11) is 0. The lowest BCUT2D eigenvalue weighted by Crippen LogP contribution is -2.27. The molecule has 0 saturated carbocycles. The summed E-state index contributed by atoms with van der Waals surface area (Å²) in [5.74, 6) is -0.0213. The first kappa shape index (κ1) is 18.5. The molecule has 1 aromatic carbocycles. The fourth-order valence-corrected chi connectivity index (χ4v) is 3.15. The van der Waals surface area contributed by atoms with Crippen molar-refractivity contribution in [1.82, 2.24) is 9.88 Å². The molecule has 1 atom stereocenters. The van der Waals surface area contributed by atoms with Crippen molar-refractivity contribution in [2.24, 2.45) is 10.7 Å². The molecule has 4 bridgehead atoms. The first-order chi connectivity index (χ1) is 14.2. The van der Waals surface area contributed by atoms with E-state index in [0.717, 1.165) is 16.3 Å². The van der Waals surface area contributed by atoms with E-state index in [-0.39, 0.29) is 6.10 Å². The first-order valence-electron chi connectivity index (χ1n) is 9.17. The van der Waals surface area contributed by atoms with Gasteiger partial charge < -0.3 is 20.1 Å². The van der Waals surface area contributed by atoms with Crippen LogP contribution in [-0.4, -0.2) is 41.4 Å². The Morgan fingerprint density at radius 1 is 1.24 bits per heavy atom. The van der Waals surface area contributed by atoms with Crippen molar-refractivity contribution in [3.05, 3.63) is 78.4 Å². The lowest BCUT2D eigenvalue weighted by atomic mass is 10.1. The van der Waals surface area contributed by atoms with Gasteiger partial charge in [-0.2, -0.15) is 0 Å². The van der Waals surface area contributed by atoms with E-state index in [1.807, 2.05) is 48.6 Å². The van der Waals surface area contributed by atoms with Crippen molar-refractivity contribution in [2.75, 3.05) is 13.2 Å². The van der Waals surface area contributed by atoms with E-state index in [0.29, 0.717) is 24.7 Å². The van der Waals surface area contributed by atoms with Crippen molar-refractivity contribution in [2.45, 2.75) is 6.10 Å². The minimum absolute atomic E-state index is 0.354. The normalized spacial score (nSPS) is 18.8. The third-order valence-corrected chi connectivity index (χ3v) is 4.50. The topological polar surface area (TPSA) is 90.0 Å². The monoisotopic (exact) mass is 388 g/mol. The Bertz CT molecular complexity index is 1070. The van der Waals surface area contributed by atoms with Gasteiger partial charge in [0, 0.05) is 24.0 Å². The van der Waals surface area contributed by atoms with Crippen LogP contribution in [0.4, 0.5) is 0 Å². The summed E-state index contributed by atoms with van der Waals surface area (Å²) < 4.78 is 11.4. The Hall–Kier alpha value is -3.87. The molecule has 0 radical (unpaired) electrons. The molecule has 4 rings (SSSR count). The smallest absolute Gasteiger partial charge is 0.265 e. The minimum atomic E-state index is -0.532. The molecule has 0 spiro atoms. The zero-order valence-corrected chi connectivity index (χ0v) is 15.6. The number of nitrogens with zero attached hydrogens (tertiary/aromatic N) is 3. The van der Waals surface area contributed by atoms with Crippen LogP contribution in [0.2, 0.25) is 0 Å². The number of amides is 1. The van der Waals surface area contributed by atoms with E-state index < -0.39 is 5.91 Å². The van der Waals surface area contributed by atoms with E-state index in [2.05, 4.69) is 9.98 Å². The van der Waals surface area contributed by atoms with Crippen molar-refractivity contribution >= 4 is 29.2 Å². The molecule has 29 heavy (non-hydrogen) atoms. The maximum atomic E-state index is 11.8. The van der Waals surface area contributed by atoms with E-state index in [1.54, 1.807) is 23.4 Å². The van der Waals surface area contributed by atoms with Crippen LogP contribution in [0.3, 0.4) is 0 Å². The van der Waals surface area contributed by atoms with Gasteiger partial charge in [-0.1, -0.05) is 30.4 Å². The Morgan fingerprint density at radius 2 is 2.17 bits per heavy atom. The van der Waals surface area contributed by atoms with E-state index in [4.69, 9.17) is 15.2 Å². The van der Waals surface area contributed by atoms with Gasteiger partial charge in [-0.25, -0.2) is 9.98 Å². The number of hydrogen-bond acceptors (Lipinski definition) is 6. The molecule has 0 saturated heterocycles. The molecule has 1 aromatic heterocycles. The van der Waals surface area contributed by atoms with Gasteiger partial charge in [0.2, 0.25) is 5.88 Å². The van der Waals surface area contributed by atoms with Gasteiger partial charge in [-0.15, -0.1) is 0 Å². The number of aromatic nitrogens is 1. The highest BCUT2D eigenvalue weighted by Crippen LogP contribution is 2.28. The number of benzene rings is 1. The Kier molecular flexibility index (Phi) is 5.38. The third kappa shape index (κ3) is 4.35. The number of ether oxygens (including phenoxy) is 2. The molecule has 1 unspecified atom stereocenters. The quantitative estimate of drug-likeness (QED) is 0.811. The lowest BCUT2D eigenvalue weighted by molar-refractivity contribution is -0.115. The minimum Gasteiger partial charge on any atom is -0.479 e. The molecule has 146 valence electrons. The first-order valence-corrected chi connectivity index (χ1v) is 9.17. The highest BCUT2D eigenvalue weighted by Gasteiger charge is 2.27. The molecule has 2 aliphatic rings. The zero-order chi connectivity index (χ0) is 20.1. The summed E-state index contributed by atoms with van der Waals surface area (Å²) in [6, 6.07) is 8.02. The van der Waals surface area contributed by atoms with Crippen LogP contribution in [-0.2, 0) is 9.53 Å². The summed E-state index contributed by atoms with van der Waals surface area (Å²) in [6.07, 6.45) is 15.3. The number of nitrogens with two attached hydrogens (primary N) is 1. The summed E-state index contributed by atoms with van der Waals surface area (Å²) in [5.41, 5.74) is 6.89. The highest BCUT2D eigenvalue weighted by molar-refractivity contribution is 5.92. The largest absolute Gasteiger partial charge is 0.479 e. The molecule has 3 heterocycles. The van der Waals surface area contributed by atoms with Gasteiger partial charge in [0.1, 0.15) is 18.4 Å². The standard InChI is InChI=1S/C22H20N4O3/c23-21(27)20-13-18-14-26(20)10-9-24-15-28-11-3-1-2-4-16-5-6-17-7-8-25-22(29-18)19(17)12-16/h1-10,12-13,15,18H,11,14H2,(H2,23,27). The molecular weight excluding hydrogens is 368 g/mol. The summed E-state index contributed by atoms with van der Waals surface area (Å²) >= 11 is 0. The van der Waals surface area contributed by atoms with Gasteiger partial charge in [-0.05, 0) is 35.2 Å². The van der Waals surface area contributed by atoms with Crippen LogP contribution in [0, 0.1) is 0 Å². The molecular formula is C22H20N4O3. The predicted octanol–water partition coefficient (Wildman–Crippen LogP) is 2.77. The molecule has 2 aliphatic heterocycles. The van der Waals surface area contributed by atoms with Crippen molar-refractivity contribution in [3.8, 4) is 5.88 Å². The Balaban J connectivity index is 1.73. The van der Waals surface area contributed by atoms with Crippen molar-refractivity contribution < 1.29 is 14.3 Å². The molecule has 0 fully saturated rings. The number of carbonyl (C=O) groups is 1. The molecule has 2 aromatic rings. The number of fused-ring (bicyclic) bond motifs is 3. The second-order valence-corrected chi connectivity index (χ2v) is 6.49. The number of primary amides is 1. The fraction of sp³-hybridized carbons (Fsp3) is 0.136. The second kappa shape index (κ2) is 8.43. The zero-order valence-electron chi connectivity index (χ0n) is 15.6. The van der Waals surface area contributed by atoms with Crippen LogP contribution in [0.25, 0.3) is 16.8 Å². The SMILES string of the molecule is NC(=O)C1=CC2CN1C=CN=COCC=CC=Cc1ccc3ccnc(c3c1)O2. The van der Waals surface area contributed by atoms with Gasteiger partial charge >= 0.3 is 0 Å². The van der Waals surface area contributed by atoms with E-state index in [9.17, 15) is 4.79 Å². The summed E-state index contributed by atoms with van der Waals surface area (Å²) in [6.45, 7) is 0.824. The van der Waals surface area contributed by atoms with Crippen LogP contribution in [0.15, 0.2) is 77.9 Å². The van der Waals surface area contributed by atoms with Gasteiger partial charge in [-0.3, -0.25) is 4.79 Å². The molecule has 7 heteroatoms. The second-order valence-electron chi connectivity index (χ2n) is 6.49. The molecule has 7 nitrogen and oxygen atoms in total. The van der Waals surface area contributed by atoms with Crippen LogP contribution < -0.4 is 10.5 Å². The van der Waals surface area contributed by atoms with Gasteiger partial charge in [0.15, 0.2) is 6.40 Å². The number of carbonyl (C=O) groups excluding carboxylic acids is 1. The average Bonchev–Trinajstić information content (AvgIpc) is 3.12. The number of allylic oxidation sites excluding steroid dienone is 2. The summed E-state index contributed by atoms with van der Waals surface area (Å²) in [5, 5.41) is 1.92. The fourth-order valence-electron chi connectivity index (χ4n) is 3.15. The Morgan fingerprint density at radius 3 is 3.07 bits per heavy atom. The number of pyridine rings is 1. The highest BCUT2D eigenvalue weighted by atomic mass is 16.5. The van der Waals surface area contributed by atoms with Crippen LogP contribution >= 0.6 is 0 Å². The van der Waals surface area contributed by atoms with Crippen molar-refractivity contribution in [1.29, 1.82) is 0 Å². The lowest BCUT2D eigenvalue weighted by Gasteiger charge is -2.17. The molecule has 2 N–H and O–H groups in total.